The van der Waals surface area contributed by atoms with Crippen LogP contribution in [0.5, 0.6) is 11.5 Å². The van der Waals surface area contributed by atoms with E-state index in [1.54, 1.807) is 33.4 Å². The van der Waals surface area contributed by atoms with Crippen LogP contribution in [-0.4, -0.2) is 14.1 Å². The summed E-state index contributed by atoms with van der Waals surface area (Å²) in [5, 5.41) is 1.94. The SMILES string of the molecule is [2H]c1c([2H])c([2H])c(-c2cc(C(C)(C)C)cc3c2-[n+]2[c-]n(-c4[c-]c(Oc5[c-]c6c(cc5)c5ccccc5n6-c5cc(C(C)(C)C)ccn5)ccc4)c4cc(-c5cc(C(C)(C)C)cc(C(C)(C)C)c5)cc(c42)-c2c([2H])c([2H])c([2H])c([2H])c2-c2c([2H])c([2H])c([2H])c([2H])c2-3)c([2H])c1[2H].[Pt]. The molecule has 4 heterocycles. The largest absolute Gasteiger partial charge is 0.510 e. The van der Waals surface area contributed by atoms with E-state index >= 15 is 0 Å². The van der Waals surface area contributed by atoms with E-state index in [1.165, 1.54) is 0 Å². The number of rotatable bonds is 6. The number of ether oxygens (including phenoxy) is 1. The monoisotopic (exact) mass is 1260 g/mol. The number of para-hydroxylation sites is 1. The van der Waals surface area contributed by atoms with Crippen molar-refractivity contribution < 1.29 is 48.2 Å². The van der Waals surface area contributed by atoms with Crippen molar-refractivity contribution >= 4 is 32.8 Å². The summed E-state index contributed by atoms with van der Waals surface area (Å²) in [6.45, 7) is 25.1. The average molecular weight is 1260 g/mol. The molecule has 0 aliphatic carbocycles. The van der Waals surface area contributed by atoms with Crippen LogP contribution in [0.25, 0.3) is 106 Å². The number of imidazole rings is 1. The zero-order chi connectivity index (χ0) is 67.6. The van der Waals surface area contributed by atoms with Gasteiger partial charge in [0.25, 0.3) is 6.33 Å². The molecule has 0 fully saturated rings. The maximum atomic E-state index is 10.1. The molecule has 0 bridgehead atoms. The van der Waals surface area contributed by atoms with Crippen LogP contribution in [0.3, 0.4) is 0 Å². The van der Waals surface area contributed by atoms with Crippen LogP contribution >= 0.6 is 0 Å². The molecule has 1 aliphatic rings. The number of aromatic nitrogens is 4. The molecule has 0 saturated carbocycles. The molecule has 1 aliphatic heterocycles. The third-order valence-electron chi connectivity index (χ3n) is 15.5. The smallest absolute Gasteiger partial charge is 0.268 e. The van der Waals surface area contributed by atoms with E-state index < -0.39 is 84.0 Å². The molecular weight excluding hydrogens is 1180 g/mol. The van der Waals surface area contributed by atoms with Gasteiger partial charge < -0.3 is 13.9 Å². The number of hydrogen-bond donors (Lipinski definition) is 0. The molecule has 82 heavy (non-hydrogen) atoms. The van der Waals surface area contributed by atoms with E-state index in [2.05, 4.69) is 122 Å². The second-order valence-electron chi connectivity index (χ2n) is 25.2. The summed E-state index contributed by atoms with van der Waals surface area (Å²) in [5.74, 6) is 1.36. The van der Waals surface area contributed by atoms with E-state index in [1.807, 2.05) is 75.5 Å². The van der Waals surface area contributed by atoms with Crippen molar-refractivity contribution in [2.24, 2.45) is 0 Å². The van der Waals surface area contributed by atoms with Gasteiger partial charge in [-0.1, -0.05) is 222 Å². The average Bonchev–Trinajstić information content (AvgIpc) is 1.60. The van der Waals surface area contributed by atoms with E-state index in [9.17, 15) is 13.7 Å². The number of pyridine rings is 1. The summed E-state index contributed by atoms with van der Waals surface area (Å²) in [4.78, 5) is 4.87. The van der Waals surface area contributed by atoms with Crippen molar-refractivity contribution in [3.63, 3.8) is 0 Å². The zero-order valence-electron chi connectivity index (χ0n) is 61.0. The third-order valence-corrected chi connectivity index (χ3v) is 15.5. The molecule has 0 spiro atoms. The van der Waals surface area contributed by atoms with Crippen LogP contribution in [0.1, 0.15) is 123 Å². The molecule has 3 aromatic heterocycles. The molecule has 0 unspecified atom stereocenters. The quantitative estimate of drug-likeness (QED) is 0.123. The second-order valence-corrected chi connectivity index (χ2v) is 25.2. The minimum atomic E-state index is -0.778. The van der Waals surface area contributed by atoms with Crippen LogP contribution in [0.2, 0.25) is 0 Å². The summed E-state index contributed by atoms with van der Waals surface area (Å²) in [6.07, 6.45) is 5.46. The number of fused-ring (bicyclic) bond motifs is 10. The van der Waals surface area contributed by atoms with Crippen molar-refractivity contribution in [1.29, 1.82) is 0 Å². The minimum Gasteiger partial charge on any atom is -0.510 e. The van der Waals surface area contributed by atoms with Crippen molar-refractivity contribution in [2.75, 3.05) is 0 Å². The van der Waals surface area contributed by atoms with Crippen molar-refractivity contribution in [1.82, 2.24) is 14.1 Å². The number of hydrogen-bond acceptors (Lipinski definition) is 2. The Balaban J connectivity index is 0.00000864. The zero-order valence-corrected chi connectivity index (χ0v) is 50.3. The van der Waals surface area contributed by atoms with Gasteiger partial charge in [0.2, 0.25) is 0 Å². The molecule has 0 atom stereocenters. The topological polar surface area (TPSA) is 35.9 Å². The first kappa shape index (κ1) is 41.0. The summed E-state index contributed by atoms with van der Waals surface area (Å²) >= 11 is 0. The van der Waals surface area contributed by atoms with Crippen molar-refractivity contribution in [2.45, 2.75) is 105 Å². The van der Waals surface area contributed by atoms with Crippen LogP contribution in [-0.2, 0) is 42.7 Å². The molecule has 0 saturated heterocycles. The Morgan fingerprint density at radius 3 is 1.70 bits per heavy atom. The molecule has 410 valence electrons. The molecule has 0 N–H and O–H groups in total. The Bertz CT molecular complexity index is 5210. The summed E-state index contributed by atoms with van der Waals surface area (Å²) in [5.41, 5.74) is 5.72. The van der Waals surface area contributed by atoms with E-state index in [4.69, 9.17) is 13.8 Å². The molecule has 6 heteroatoms. The van der Waals surface area contributed by atoms with Gasteiger partial charge in [0.1, 0.15) is 5.82 Å². The predicted molar refractivity (Wildman–Crippen MR) is 336 cm³/mol. The molecule has 9 aromatic carbocycles. The Hall–Kier alpha value is -8.11. The molecular formula is C76H68N4OPt-2. The van der Waals surface area contributed by atoms with Gasteiger partial charge >= 0.3 is 0 Å². The van der Waals surface area contributed by atoms with Gasteiger partial charge in [-0.3, -0.25) is 4.57 Å². The first-order valence-electron chi connectivity index (χ1n) is 33.9. The van der Waals surface area contributed by atoms with E-state index in [-0.39, 0.29) is 98.8 Å². The molecule has 12 aromatic rings. The van der Waals surface area contributed by atoms with Crippen LogP contribution in [0.4, 0.5) is 0 Å². The van der Waals surface area contributed by atoms with Crippen LogP contribution < -0.4 is 9.30 Å². The summed E-state index contributed by atoms with van der Waals surface area (Å²) in [6, 6.07) is 34.7. The standard InChI is InChI=1S/C76H68N4O.Pt/c1-73(2,3)51-35-36-77-70(44-51)80-67-32-21-20-31-62(67)63-34-33-57(46-68(63)80)81-56-26-22-25-55(45-56)78-47-79-71-64(48-23-14-13-15-24-48)42-54(76(10,11)12)43-66(71)61-30-19-17-28-59(61)58-27-16-18-29-60(58)65-39-50(40-69(78)72(65)79)49-37-52(74(4,5)6)41-53(38-49)75(7,8)9;/h13-44H,1-12H3;/q-2;/i13D,14D,15D,16D,17D,18D,19D,23D,24D,27D,28D,29D,30D;. The van der Waals surface area contributed by atoms with E-state index in [0.717, 1.165) is 49.9 Å². The minimum absolute atomic E-state index is 0. The third kappa shape index (κ3) is 9.61. The van der Waals surface area contributed by atoms with Gasteiger partial charge in [0.15, 0.2) is 0 Å². The predicted octanol–water partition coefficient (Wildman–Crippen LogP) is 19.4. The summed E-state index contributed by atoms with van der Waals surface area (Å²) < 4.78 is 136. The number of benzene rings is 9. The fraction of sp³-hybridized carbons (Fsp3) is 0.211. The van der Waals surface area contributed by atoms with Gasteiger partial charge in [-0.2, -0.15) is 18.2 Å². The Morgan fingerprint density at radius 2 is 1.04 bits per heavy atom. The Kier molecular flexibility index (Phi) is 10.0. The maximum absolute atomic E-state index is 10.1. The van der Waals surface area contributed by atoms with Gasteiger partial charge in [-0.05, 0) is 135 Å². The number of nitrogens with zero attached hydrogens (tertiary/aromatic N) is 4. The van der Waals surface area contributed by atoms with Crippen molar-refractivity contribution in [3.8, 4) is 84.3 Å². The van der Waals surface area contributed by atoms with Crippen LogP contribution in [0.15, 0.2) is 194 Å². The molecule has 5 nitrogen and oxygen atoms in total. The molecule has 0 amide bonds. The fourth-order valence-electron chi connectivity index (χ4n) is 11.0. The Labute approximate surface area is 516 Å². The van der Waals surface area contributed by atoms with Gasteiger partial charge in [0, 0.05) is 44.3 Å². The maximum Gasteiger partial charge on any atom is 0.268 e. The first-order valence-corrected chi connectivity index (χ1v) is 27.4. The van der Waals surface area contributed by atoms with Gasteiger partial charge in [-0.25, -0.2) is 4.98 Å². The van der Waals surface area contributed by atoms with Gasteiger partial charge in [-0.15, -0.1) is 29.7 Å². The molecule has 13 rings (SSSR count). The Morgan fingerprint density at radius 1 is 0.463 bits per heavy atom. The summed E-state index contributed by atoms with van der Waals surface area (Å²) in [7, 11) is 0. The van der Waals surface area contributed by atoms with Crippen LogP contribution in [0, 0.1) is 18.5 Å². The first-order chi connectivity index (χ1) is 44.1. The van der Waals surface area contributed by atoms with Gasteiger partial charge in [0.05, 0.1) is 34.5 Å². The van der Waals surface area contributed by atoms with Crippen molar-refractivity contribution in [3.05, 3.63) is 235 Å². The molecule has 0 radical (unpaired) electrons. The fourth-order valence-corrected chi connectivity index (χ4v) is 11.0. The second kappa shape index (κ2) is 20.1. The normalized spacial score (nSPS) is 14.8. The van der Waals surface area contributed by atoms with E-state index in [0.29, 0.717) is 28.1 Å².